The van der Waals surface area contributed by atoms with E-state index >= 15 is 0 Å². The Kier molecular flexibility index (Phi) is 15.6. The van der Waals surface area contributed by atoms with Crippen molar-refractivity contribution in [2.75, 3.05) is 53.9 Å². The molecule has 0 spiro atoms. The standard InChI is InChI=1S/C31H37N4O5.C22H26N4O3/c1-6-40-31(36)26-18-25(21-9-13-34(14-10-21)23-11-15-39-16-12-23)28-29(20(2)3)33-35(30(28)32-26)19-22-7-8-24(37-4)17-27(22)38-5;1-4-29-22(27)18-13-17(19-20(14(2)3)24-25-21(19)23-18)15-5-9-26(10-6-15)16-7-11-28-12-8-16/h7-10,13-14,17-18,20,23H,6,11-12,15-16,19H2,1-5H3;5-6,9-10,13-14,16H,4,7-8,11-12H2,1-3H3/q+1;/p+1. The van der Waals surface area contributed by atoms with Gasteiger partial charge >= 0.3 is 11.9 Å². The van der Waals surface area contributed by atoms with Crippen LogP contribution in [0, 0.1) is 0 Å². The Morgan fingerprint density at radius 3 is 1.74 bits per heavy atom. The van der Waals surface area contributed by atoms with E-state index in [-0.39, 0.29) is 29.8 Å². The van der Waals surface area contributed by atoms with Crippen LogP contribution in [-0.2, 0) is 25.5 Å². The summed E-state index contributed by atoms with van der Waals surface area (Å²) < 4.78 is 38.9. The third-order valence-electron chi connectivity index (χ3n) is 12.7. The average molecular weight is 941 g/mol. The summed E-state index contributed by atoms with van der Waals surface area (Å²) in [5, 5.41) is 14.4. The lowest BCUT2D eigenvalue weighted by Crippen LogP contribution is -2.41. The molecule has 1 N–H and O–H groups in total. The Bertz CT molecular complexity index is 2880. The maximum Gasteiger partial charge on any atom is 0.357 e. The maximum absolute atomic E-state index is 12.9. The Hall–Kier alpha value is -6.78. The number of esters is 2. The largest absolute Gasteiger partial charge is 0.497 e. The number of carbonyl (C=O) groups is 2. The number of nitrogens with one attached hydrogen (secondary N) is 1. The molecule has 0 atom stereocenters. The molecule has 0 aliphatic carbocycles. The Morgan fingerprint density at radius 1 is 0.710 bits per heavy atom. The molecule has 7 aromatic rings. The fourth-order valence-electron chi connectivity index (χ4n) is 9.08. The van der Waals surface area contributed by atoms with Gasteiger partial charge in [-0.25, -0.2) is 33.4 Å². The van der Waals surface area contributed by atoms with Crippen LogP contribution < -0.4 is 18.6 Å². The number of aromatic nitrogens is 8. The Morgan fingerprint density at radius 2 is 1.25 bits per heavy atom. The molecule has 9 rings (SSSR count). The number of hydrogen-bond donors (Lipinski definition) is 1. The minimum absolute atomic E-state index is 0.131. The van der Waals surface area contributed by atoms with E-state index in [9.17, 15) is 9.59 Å². The summed E-state index contributed by atoms with van der Waals surface area (Å²) in [4.78, 5) is 34.5. The van der Waals surface area contributed by atoms with Crippen LogP contribution in [0.1, 0.15) is 129 Å². The summed E-state index contributed by atoms with van der Waals surface area (Å²) in [7, 11) is 3.26. The maximum atomic E-state index is 12.9. The van der Waals surface area contributed by atoms with Gasteiger partial charge < -0.3 is 28.4 Å². The fraction of sp³-hybridized carbons (Fsp3) is 0.434. The SMILES string of the molecule is CCOC(=O)c1cc(-c2cc[n+](C3CCOCC3)cc2)c2c(C(C)C)[nH]nc2n1.CCOC(=O)c1cc(-c2cc[n+](C3CCOCC3)cc2)c2c(C(C)C)nn(Cc3ccc(OC)cc3OC)c2n1. The van der Waals surface area contributed by atoms with Crippen molar-refractivity contribution in [1.29, 1.82) is 0 Å². The van der Waals surface area contributed by atoms with E-state index in [1.54, 1.807) is 28.1 Å². The van der Waals surface area contributed by atoms with Crippen molar-refractivity contribution < 1.29 is 47.1 Å². The molecular weight excluding hydrogens is 877 g/mol. The fourth-order valence-corrected chi connectivity index (χ4v) is 9.08. The number of pyridine rings is 4. The lowest BCUT2D eigenvalue weighted by Gasteiger charge is -2.18. The van der Waals surface area contributed by atoms with Gasteiger partial charge in [0.2, 0.25) is 0 Å². The normalized spacial score (nSPS) is 14.5. The predicted octanol–water partition coefficient (Wildman–Crippen LogP) is 8.67. The molecular formula is C53H64N8O8+2. The van der Waals surface area contributed by atoms with E-state index < -0.39 is 11.9 Å². The van der Waals surface area contributed by atoms with Crippen LogP contribution in [-0.4, -0.2) is 95.7 Å². The van der Waals surface area contributed by atoms with Crippen molar-refractivity contribution in [3.8, 4) is 33.8 Å². The number of fused-ring (bicyclic) bond motifs is 2. The van der Waals surface area contributed by atoms with Crippen molar-refractivity contribution in [3.05, 3.63) is 108 Å². The van der Waals surface area contributed by atoms with Gasteiger partial charge in [-0.05, 0) is 72.2 Å². The van der Waals surface area contributed by atoms with Crippen molar-refractivity contribution in [3.63, 3.8) is 0 Å². The van der Waals surface area contributed by atoms with E-state index in [1.165, 1.54) is 0 Å². The molecule has 16 nitrogen and oxygen atoms in total. The molecule has 0 saturated carbocycles. The quantitative estimate of drug-likeness (QED) is 0.0815. The van der Waals surface area contributed by atoms with Crippen molar-refractivity contribution in [1.82, 2.24) is 29.9 Å². The lowest BCUT2D eigenvalue weighted by molar-refractivity contribution is -0.726. The number of carbonyl (C=O) groups excluding carboxylic acids is 2. The number of ether oxygens (including phenoxy) is 6. The summed E-state index contributed by atoms with van der Waals surface area (Å²) in [6.07, 6.45) is 12.5. The minimum atomic E-state index is -0.459. The zero-order valence-electron chi connectivity index (χ0n) is 41.0. The van der Waals surface area contributed by atoms with Gasteiger partial charge in [-0.2, -0.15) is 10.2 Å². The number of rotatable bonds is 14. The first kappa shape index (κ1) is 48.7. The molecule has 362 valence electrons. The zero-order chi connectivity index (χ0) is 48.6. The summed E-state index contributed by atoms with van der Waals surface area (Å²) in [6.45, 7) is 16.2. The summed E-state index contributed by atoms with van der Waals surface area (Å²) in [6, 6.07) is 18.6. The highest BCUT2D eigenvalue weighted by molar-refractivity contribution is 6.01. The molecule has 0 bridgehead atoms. The third-order valence-corrected chi connectivity index (χ3v) is 12.7. The van der Waals surface area contributed by atoms with Crippen LogP contribution in [0.2, 0.25) is 0 Å². The molecule has 0 unspecified atom stereocenters. The molecule has 2 saturated heterocycles. The van der Waals surface area contributed by atoms with E-state index in [0.29, 0.717) is 48.0 Å². The zero-order valence-corrected chi connectivity index (χ0v) is 41.0. The van der Waals surface area contributed by atoms with Gasteiger partial charge in [0, 0.05) is 67.3 Å². The first-order chi connectivity index (χ1) is 33.5. The number of nitrogens with zero attached hydrogens (tertiary/aromatic N) is 7. The second kappa shape index (κ2) is 22.1. The third kappa shape index (κ3) is 10.8. The molecule has 2 aliphatic heterocycles. The second-order valence-corrected chi connectivity index (χ2v) is 17.9. The minimum Gasteiger partial charge on any atom is -0.497 e. The highest BCUT2D eigenvalue weighted by Gasteiger charge is 2.27. The van der Waals surface area contributed by atoms with Gasteiger partial charge in [0.25, 0.3) is 0 Å². The van der Waals surface area contributed by atoms with Crippen molar-refractivity contribution in [2.24, 2.45) is 0 Å². The van der Waals surface area contributed by atoms with Crippen LogP contribution >= 0.6 is 0 Å². The number of aromatic amines is 1. The molecule has 8 heterocycles. The number of H-pyrrole nitrogens is 1. The molecule has 0 radical (unpaired) electrons. The van der Waals surface area contributed by atoms with E-state index in [0.717, 1.165) is 102 Å². The molecule has 16 heteroatoms. The van der Waals surface area contributed by atoms with Crippen LogP contribution in [0.15, 0.2) is 79.4 Å². The topological polar surface area (TPSA) is 170 Å². The van der Waals surface area contributed by atoms with E-state index in [2.05, 4.69) is 101 Å². The molecule has 2 aliphatic rings. The van der Waals surface area contributed by atoms with Gasteiger partial charge in [0.15, 0.2) is 59.6 Å². The Labute approximate surface area is 402 Å². The molecule has 1 aromatic carbocycles. The first-order valence-electron chi connectivity index (χ1n) is 24.0. The van der Waals surface area contributed by atoms with Crippen molar-refractivity contribution >= 4 is 34.0 Å². The van der Waals surface area contributed by atoms with E-state index in [1.807, 2.05) is 35.0 Å². The molecule has 69 heavy (non-hydrogen) atoms. The van der Waals surface area contributed by atoms with Gasteiger partial charge in [-0.15, -0.1) is 0 Å². The lowest BCUT2D eigenvalue weighted by atomic mass is 9.98. The summed E-state index contributed by atoms with van der Waals surface area (Å²) in [5.74, 6) is 0.895. The molecule has 6 aromatic heterocycles. The monoisotopic (exact) mass is 940 g/mol. The molecule has 2 fully saturated rings. The number of methoxy groups -OCH3 is 2. The summed E-state index contributed by atoms with van der Waals surface area (Å²) >= 11 is 0. The summed E-state index contributed by atoms with van der Waals surface area (Å²) in [5.41, 5.74) is 8.41. The number of benzene rings is 1. The van der Waals surface area contributed by atoms with E-state index in [4.69, 9.17) is 38.5 Å². The van der Waals surface area contributed by atoms with Gasteiger partial charge in [-0.3, -0.25) is 5.10 Å². The highest BCUT2D eigenvalue weighted by atomic mass is 16.5. The highest BCUT2D eigenvalue weighted by Crippen LogP contribution is 2.37. The van der Waals surface area contributed by atoms with Crippen molar-refractivity contribution in [2.45, 2.75) is 97.7 Å². The van der Waals surface area contributed by atoms with Gasteiger partial charge in [0.1, 0.15) is 11.5 Å². The molecule has 0 amide bonds. The first-order valence-corrected chi connectivity index (χ1v) is 24.0. The van der Waals surface area contributed by atoms with Gasteiger partial charge in [0.05, 0.1) is 76.9 Å². The van der Waals surface area contributed by atoms with Crippen LogP contribution in [0.4, 0.5) is 0 Å². The number of hydrogen-bond acceptors (Lipinski definition) is 12. The smallest absolute Gasteiger partial charge is 0.357 e. The predicted molar refractivity (Wildman–Crippen MR) is 260 cm³/mol. The Balaban J connectivity index is 0.000000196. The van der Waals surface area contributed by atoms with Crippen LogP contribution in [0.25, 0.3) is 44.3 Å². The van der Waals surface area contributed by atoms with Gasteiger partial charge in [-0.1, -0.05) is 27.7 Å². The second-order valence-electron chi connectivity index (χ2n) is 17.9. The average Bonchev–Trinajstić information content (AvgIpc) is 3.99. The van der Waals surface area contributed by atoms with Crippen LogP contribution in [0.5, 0.6) is 11.5 Å². The van der Waals surface area contributed by atoms with Crippen LogP contribution in [0.3, 0.4) is 0 Å².